The summed E-state index contributed by atoms with van der Waals surface area (Å²) in [6.07, 6.45) is -0.500. The summed E-state index contributed by atoms with van der Waals surface area (Å²) in [7, 11) is 1.31. The Hall–Kier alpha value is -2.78. The summed E-state index contributed by atoms with van der Waals surface area (Å²) < 4.78 is 4.55. The van der Waals surface area contributed by atoms with Crippen molar-refractivity contribution >= 4 is 34.7 Å². The summed E-state index contributed by atoms with van der Waals surface area (Å²) in [5.74, 6) is -0.954. The molecule has 3 rings (SSSR count). The normalized spacial score (nSPS) is 10.5. The molecular weight excluding hydrogens is 374 g/mol. The summed E-state index contributed by atoms with van der Waals surface area (Å²) >= 11 is 2.95. The maximum atomic E-state index is 11.2. The number of alkyl carbamates (subject to hydrolysis) is 1. The van der Waals surface area contributed by atoms with Crippen LogP contribution in [-0.2, 0) is 11.3 Å². The Kier molecular flexibility index (Phi) is 5.29. The van der Waals surface area contributed by atoms with Gasteiger partial charge in [-0.05, 0) is 19.1 Å². The fourth-order valence-electron chi connectivity index (χ4n) is 2.25. The number of carbonyl (C=O) groups excluding carboxylic acids is 1. The van der Waals surface area contributed by atoms with Crippen molar-refractivity contribution in [1.29, 1.82) is 0 Å². The molecule has 0 radical (unpaired) electrons. The number of nitrogens with zero attached hydrogens (tertiary/aromatic N) is 2. The minimum atomic E-state index is -0.954. The number of aromatic carboxylic acids is 1. The molecule has 0 unspecified atom stereocenters. The third-order valence-corrected chi connectivity index (χ3v) is 5.60. The van der Waals surface area contributed by atoms with Gasteiger partial charge in [-0.2, -0.15) is 0 Å². The van der Waals surface area contributed by atoms with E-state index in [-0.39, 0.29) is 5.56 Å². The van der Waals surface area contributed by atoms with Crippen LogP contribution in [0.1, 0.15) is 21.1 Å². The first-order valence-corrected chi connectivity index (χ1v) is 9.25. The summed E-state index contributed by atoms with van der Waals surface area (Å²) in [5.41, 5.74) is 2.76. The van der Waals surface area contributed by atoms with Crippen LogP contribution in [0.25, 0.3) is 21.1 Å². The van der Waals surface area contributed by atoms with Crippen molar-refractivity contribution < 1.29 is 19.4 Å². The molecule has 0 saturated heterocycles. The highest BCUT2D eigenvalue weighted by Gasteiger charge is 2.14. The second kappa shape index (κ2) is 7.63. The highest BCUT2D eigenvalue weighted by Crippen LogP contribution is 2.34. The monoisotopic (exact) mass is 389 g/mol. The van der Waals surface area contributed by atoms with Crippen LogP contribution < -0.4 is 5.32 Å². The van der Waals surface area contributed by atoms with Crippen LogP contribution in [-0.4, -0.2) is 34.2 Å². The van der Waals surface area contributed by atoms with Gasteiger partial charge in [-0.3, -0.25) is 0 Å². The number of ether oxygens (including phenoxy) is 1. The number of carboxylic acids is 1. The van der Waals surface area contributed by atoms with Crippen molar-refractivity contribution in [2.24, 2.45) is 0 Å². The van der Waals surface area contributed by atoms with E-state index in [0.29, 0.717) is 6.54 Å². The number of aromatic nitrogens is 2. The average Bonchev–Trinajstić information content (AvgIpc) is 3.26. The number of methoxy groups -OCH3 is 1. The Morgan fingerprint density at radius 2 is 1.96 bits per heavy atom. The molecule has 0 aliphatic carbocycles. The molecule has 1 amide bonds. The Bertz CT molecular complexity index is 947. The van der Waals surface area contributed by atoms with Gasteiger partial charge >= 0.3 is 12.1 Å². The minimum absolute atomic E-state index is 0.242. The van der Waals surface area contributed by atoms with Crippen LogP contribution in [0.2, 0.25) is 0 Å². The minimum Gasteiger partial charge on any atom is -0.478 e. The van der Waals surface area contributed by atoms with Crippen molar-refractivity contribution in [1.82, 2.24) is 15.3 Å². The molecule has 9 heteroatoms. The van der Waals surface area contributed by atoms with Crippen molar-refractivity contribution in [3.05, 3.63) is 45.9 Å². The molecule has 0 fully saturated rings. The number of carbonyl (C=O) groups is 2. The molecule has 0 aliphatic heterocycles. The number of amides is 1. The molecule has 0 aliphatic rings. The van der Waals surface area contributed by atoms with Gasteiger partial charge < -0.3 is 15.2 Å². The summed E-state index contributed by atoms with van der Waals surface area (Å²) in [6, 6.07) is 6.62. The molecule has 2 heterocycles. The summed E-state index contributed by atoms with van der Waals surface area (Å²) in [5, 5.41) is 15.1. The first kappa shape index (κ1) is 18.0. The third-order valence-electron chi connectivity index (χ3n) is 3.53. The Morgan fingerprint density at radius 3 is 2.62 bits per heavy atom. The molecule has 2 aromatic heterocycles. The number of nitrogens with one attached hydrogen (secondary N) is 1. The quantitative estimate of drug-likeness (QED) is 0.688. The lowest BCUT2D eigenvalue weighted by atomic mass is 10.1. The topological polar surface area (TPSA) is 101 Å². The lowest BCUT2D eigenvalue weighted by Gasteiger charge is -1.99. The number of benzene rings is 1. The predicted octanol–water partition coefficient (Wildman–Crippen LogP) is 3.80. The second-order valence-electron chi connectivity index (χ2n) is 5.29. The number of carboxylic acid groups (broad SMARTS) is 1. The highest BCUT2D eigenvalue weighted by molar-refractivity contribution is 7.16. The number of thiazole rings is 2. The van der Waals surface area contributed by atoms with E-state index in [4.69, 9.17) is 5.11 Å². The van der Waals surface area contributed by atoms with E-state index in [0.717, 1.165) is 31.8 Å². The zero-order valence-electron chi connectivity index (χ0n) is 14.0. The average molecular weight is 389 g/mol. The molecule has 7 nitrogen and oxygen atoms in total. The predicted molar refractivity (Wildman–Crippen MR) is 99.6 cm³/mol. The lowest BCUT2D eigenvalue weighted by molar-refractivity contribution is 0.0697. The van der Waals surface area contributed by atoms with E-state index >= 15 is 0 Å². The van der Waals surface area contributed by atoms with Gasteiger partial charge in [0.25, 0.3) is 0 Å². The molecule has 3 aromatic rings. The van der Waals surface area contributed by atoms with Gasteiger partial charge in [0.05, 0.1) is 35.5 Å². The molecule has 134 valence electrons. The Morgan fingerprint density at radius 1 is 1.23 bits per heavy atom. The van der Waals surface area contributed by atoms with Gasteiger partial charge in [-0.1, -0.05) is 12.1 Å². The van der Waals surface area contributed by atoms with Crippen LogP contribution in [0.3, 0.4) is 0 Å². The van der Waals surface area contributed by atoms with Crippen molar-refractivity contribution in [2.45, 2.75) is 13.5 Å². The van der Waals surface area contributed by atoms with Crippen LogP contribution in [0, 0.1) is 6.92 Å². The lowest BCUT2D eigenvalue weighted by Crippen LogP contribution is -2.22. The molecule has 1 aromatic carbocycles. The molecule has 0 saturated carbocycles. The SMILES string of the molecule is COC(=O)NCc1nc(C)c(-c2csc(-c3ccc(C(=O)O)cc3)n2)s1. The first-order chi connectivity index (χ1) is 12.5. The number of hydrogen-bond donors (Lipinski definition) is 2. The zero-order chi connectivity index (χ0) is 18.7. The molecule has 26 heavy (non-hydrogen) atoms. The maximum absolute atomic E-state index is 11.2. The zero-order valence-corrected chi connectivity index (χ0v) is 15.6. The van der Waals surface area contributed by atoms with Gasteiger partial charge in [0, 0.05) is 10.9 Å². The van der Waals surface area contributed by atoms with E-state index in [1.807, 2.05) is 12.3 Å². The van der Waals surface area contributed by atoms with Crippen molar-refractivity contribution in [3.8, 4) is 21.1 Å². The molecule has 0 bridgehead atoms. The van der Waals surface area contributed by atoms with Crippen molar-refractivity contribution in [2.75, 3.05) is 7.11 Å². The largest absolute Gasteiger partial charge is 0.478 e. The molecule has 0 atom stereocenters. The fourth-order valence-corrected chi connectivity index (χ4v) is 4.11. The summed E-state index contributed by atoms with van der Waals surface area (Å²) in [4.78, 5) is 32.1. The Balaban J connectivity index is 1.80. The molecule has 2 N–H and O–H groups in total. The standard InChI is InChI=1S/C17H15N3O4S2/c1-9-14(26-13(19-9)7-18-17(23)24-2)12-8-25-15(20-12)10-3-5-11(6-4-10)16(21)22/h3-6,8H,7H2,1-2H3,(H,18,23)(H,21,22). The van der Waals surface area contributed by atoms with Gasteiger partial charge in [0.15, 0.2) is 0 Å². The van der Waals surface area contributed by atoms with Crippen molar-refractivity contribution in [3.63, 3.8) is 0 Å². The van der Waals surface area contributed by atoms with Gasteiger partial charge in [-0.15, -0.1) is 22.7 Å². The fraction of sp³-hybridized carbons (Fsp3) is 0.176. The van der Waals surface area contributed by atoms with Gasteiger partial charge in [0.1, 0.15) is 10.0 Å². The Labute approximate surface area is 157 Å². The number of aryl methyl sites for hydroxylation is 1. The smallest absolute Gasteiger partial charge is 0.407 e. The van der Waals surface area contributed by atoms with E-state index in [1.54, 1.807) is 24.3 Å². The van der Waals surface area contributed by atoms with Gasteiger partial charge in [0.2, 0.25) is 0 Å². The van der Waals surface area contributed by atoms with Crippen LogP contribution in [0.5, 0.6) is 0 Å². The number of rotatable bonds is 5. The molecule has 0 spiro atoms. The second-order valence-corrected chi connectivity index (χ2v) is 7.23. The third kappa shape index (κ3) is 3.89. The van der Waals surface area contributed by atoms with E-state index < -0.39 is 12.1 Å². The maximum Gasteiger partial charge on any atom is 0.407 e. The van der Waals surface area contributed by atoms with E-state index in [9.17, 15) is 9.59 Å². The van der Waals surface area contributed by atoms with Crippen LogP contribution in [0.4, 0.5) is 4.79 Å². The number of hydrogen-bond acceptors (Lipinski definition) is 7. The van der Waals surface area contributed by atoms with Crippen LogP contribution >= 0.6 is 22.7 Å². The van der Waals surface area contributed by atoms with Gasteiger partial charge in [-0.25, -0.2) is 19.6 Å². The molecular formula is C17H15N3O4S2. The highest BCUT2D eigenvalue weighted by atomic mass is 32.1. The van der Waals surface area contributed by atoms with E-state index in [2.05, 4.69) is 20.0 Å². The summed E-state index contributed by atoms with van der Waals surface area (Å²) in [6.45, 7) is 2.19. The first-order valence-electron chi connectivity index (χ1n) is 7.55. The van der Waals surface area contributed by atoms with E-state index in [1.165, 1.54) is 29.8 Å². The van der Waals surface area contributed by atoms with Crippen LogP contribution in [0.15, 0.2) is 29.6 Å².